The molecule has 1 saturated carbocycles. The molecule has 1 aromatic heterocycles. The summed E-state index contributed by atoms with van der Waals surface area (Å²) in [5.74, 6) is -1.75. The highest BCUT2D eigenvalue weighted by molar-refractivity contribution is 6.00. The Labute approximate surface area is 173 Å². The molecule has 160 valence electrons. The molecule has 2 fully saturated rings. The first-order chi connectivity index (χ1) is 14.5. The van der Waals surface area contributed by atoms with Crippen molar-refractivity contribution in [3.05, 3.63) is 29.6 Å². The van der Waals surface area contributed by atoms with Crippen LogP contribution in [0.4, 0.5) is 10.2 Å². The molecule has 0 radical (unpaired) electrons. The number of halogens is 1. The first-order valence-corrected chi connectivity index (χ1v) is 10.1. The Hall–Kier alpha value is -3.10. The van der Waals surface area contributed by atoms with Crippen molar-refractivity contribution < 1.29 is 28.3 Å². The fourth-order valence-electron chi connectivity index (χ4n) is 4.33. The lowest BCUT2D eigenvalue weighted by Gasteiger charge is -2.40. The number of anilines is 1. The van der Waals surface area contributed by atoms with Crippen LogP contribution in [-0.2, 0) is 4.79 Å². The second kappa shape index (κ2) is 8.33. The van der Waals surface area contributed by atoms with Gasteiger partial charge in [0.25, 0.3) is 0 Å². The van der Waals surface area contributed by atoms with Crippen LogP contribution in [0.1, 0.15) is 42.5 Å². The van der Waals surface area contributed by atoms with E-state index in [0.29, 0.717) is 18.7 Å². The Balaban J connectivity index is 1.60. The average molecular weight is 417 g/mol. The molecular formula is C21H24FN3O5. The molecule has 2 aromatic rings. The predicted octanol–water partition coefficient (Wildman–Crippen LogP) is 3.17. The van der Waals surface area contributed by atoms with Gasteiger partial charge in [0.15, 0.2) is 28.7 Å². The third kappa shape index (κ3) is 3.71. The third-order valence-electron chi connectivity index (χ3n) is 5.87. The molecule has 0 unspecified atom stereocenters. The molecule has 0 spiro atoms. The number of carbonyl (C=O) groups is 2. The van der Waals surface area contributed by atoms with Crippen molar-refractivity contribution in [3.8, 4) is 17.1 Å². The second-order valence-corrected chi connectivity index (χ2v) is 7.67. The molecule has 2 aliphatic rings. The van der Waals surface area contributed by atoms with E-state index >= 15 is 0 Å². The molecule has 0 bridgehead atoms. The number of carboxylic acid groups (broad SMARTS) is 1. The van der Waals surface area contributed by atoms with Gasteiger partial charge in [-0.25, -0.2) is 9.18 Å². The van der Waals surface area contributed by atoms with E-state index < -0.39 is 11.8 Å². The summed E-state index contributed by atoms with van der Waals surface area (Å²) < 4.78 is 24.0. The first-order valence-electron chi connectivity index (χ1n) is 10.1. The van der Waals surface area contributed by atoms with E-state index in [2.05, 4.69) is 5.16 Å². The zero-order valence-electron chi connectivity index (χ0n) is 16.8. The van der Waals surface area contributed by atoms with Crippen molar-refractivity contribution in [2.75, 3.05) is 31.6 Å². The highest BCUT2D eigenvalue weighted by atomic mass is 19.1. The molecule has 0 atom stereocenters. The van der Waals surface area contributed by atoms with Crippen molar-refractivity contribution in [1.29, 1.82) is 0 Å². The quantitative estimate of drug-likeness (QED) is 0.798. The number of piperazine rings is 1. The molecule has 1 aromatic carbocycles. The van der Waals surface area contributed by atoms with Crippen LogP contribution in [0, 0.1) is 5.82 Å². The van der Waals surface area contributed by atoms with Gasteiger partial charge in [0.05, 0.1) is 13.7 Å². The Bertz CT molecular complexity index is 954. The van der Waals surface area contributed by atoms with Crippen LogP contribution < -0.4 is 9.64 Å². The molecule has 8 nitrogen and oxygen atoms in total. The fraction of sp³-hybridized carbons (Fsp3) is 0.476. The van der Waals surface area contributed by atoms with Gasteiger partial charge in [-0.05, 0) is 31.0 Å². The smallest absolute Gasteiger partial charge is 0.343 e. The van der Waals surface area contributed by atoms with Crippen LogP contribution in [0.25, 0.3) is 11.3 Å². The lowest BCUT2D eigenvalue weighted by atomic mass is 9.93. The molecule has 9 heteroatoms. The van der Waals surface area contributed by atoms with E-state index in [1.807, 2.05) is 4.90 Å². The summed E-state index contributed by atoms with van der Waals surface area (Å²) in [6.07, 6.45) is 5.52. The number of carboxylic acids is 1. The van der Waals surface area contributed by atoms with Gasteiger partial charge < -0.3 is 24.2 Å². The molecule has 2 heterocycles. The van der Waals surface area contributed by atoms with Gasteiger partial charge in [0.2, 0.25) is 5.91 Å². The summed E-state index contributed by atoms with van der Waals surface area (Å²) in [6, 6.07) is 4.21. The Kier molecular flexibility index (Phi) is 5.61. The highest BCUT2D eigenvalue weighted by Gasteiger charge is 2.35. The minimum atomic E-state index is -1.23. The summed E-state index contributed by atoms with van der Waals surface area (Å²) in [7, 11) is 1.32. The number of benzene rings is 1. The predicted molar refractivity (Wildman–Crippen MR) is 106 cm³/mol. The monoisotopic (exact) mass is 417 g/mol. The van der Waals surface area contributed by atoms with Gasteiger partial charge in [0, 0.05) is 24.7 Å². The Morgan fingerprint density at radius 2 is 2.03 bits per heavy atom. The maximum absolute atomic E-state index is 13.7. The molecule has 30 heavy (non-hydrogen) atoms. The largest absolute Gasteiger partial charge is 0.494 e. The summed E-state index contributed by atoms with van der Waals surface area (Å²) in [4.78, 5) is 28.3. The summed E-state index contributed by atoms with van der Waals surface area (Å²) in [5, 5.41) is 13.8. The van der Waals surface area contributed by atoms with Crippen LogP contribution >= 0.6 is 0 Å². The first kappa shape index (κ1) is 20.2. The summed E-state index contributed by atoms with van der Waals surface area (Å²) >= 11 is 0. The molecule has 1 saturated heterocycles. The number of hydrogen-bond donors (Lipinski definition) is 1. The van der Waals surface area contributed by atoms with E-state index in [0.717, 1.165) is 25.7 Å². The number of aromatic nitrogens is 1. The number of carbonyl (C=O) groups excluding carboxylic acids is 1. The fourth-order valence-corrected chi connectivity index (χ4v) is 4.33. The van der Waals surface area contributed by atoms with Crippen LogP contribution in [0.3, 0.4) is 0 Å². The summed E-state index contributed by atoms with van der Waals surface area (Å²) in [6.45, 7) is 1.05. The normalized spacial score (nSPS) is 18.0. The second-order valence-electron chi connectivity index (χ2n) is 7.67. The lowest BCUT2D eigenvalue weighted by Crippen LogP contribution is -2.54. The number of ether oxygens (including phenoxy) is 1. The van der Waals surface area contributed by atoms with Gasteiger partial charge >= 0.3 is 5.97 Å². The van der Waals surface area contributed by atoms with E-state index in [-0.39, 0.29) is 41.4 Å². The van der Waals surface area contributed by atoms with Gasteiger partial charge in [-0.3, -0.25) is 4.79 Å². The van der Waals surface area contributed by atoms with Crippen molar-refractivity contribution in [2.24, 2.45) is 0 Å². The molecule has 4 rings (SSSR count). The maximum atomic E-state index is 13.7. The third-order valence-corrected chi connectivity index (χ3v) is 5.87. The van der Waals surface area contributed by atoms with Gasteiger partial charge in [-0.1, -0.05) is 24.4 Å². The van der Waals surface area contributed by atoms with Gasteiger partial charge in [-0.15, -0.1) is 0 Å². The average Bonchev–Trinajstić information content (AvgIpc) is 3.20. The zero-order chi connectivity index (χ0) is 21.3. The number of aromatic carboxylic acids is 1. The van der Waals surface area contributed by atoms with Crippen molar-refractivity contribution in [2.45, 2.75) is 38.1 Å². The topological polar surface area (TPSA) is 96.1 Å². The van der Waals surface area contributed by atoms with E-state index in [1.54, 1.807) is 4.90 Å². The molecule has 1 aliphatic heterocycles. The number of amides is 1. The molecule has 1 aliphatic carbocycles. The molecular weight excluding hydrogens is 393 g/mol. The lowest BCUT2D eigenvalue weighted by molar-refractivity contribution is -0.134. The minimum absolute atomic E-state index is 0.00189. The zero-order valence-corrected chi connectivity index (χ0v) is 16.8. The van der Waals surface area contributed by atoms with Gasteiger partial charge in [0.1, 0.15) is 0 Å². The van der Waals surface area contributed by atoms with E-state index in [4.69, 9.17) is 9.26 Å². The maximum Gasteiger partial charge on any atom is 0.343 e. The van der Waals surface area contributed by atoms with Crippen molar-refractivity contribution in [3.63, 3.8) is 0 Å². The summed E-state index contributed by atoms with van der Waals surface area (Å²) in [5.41, 5.74) is 0.180. The minimum Gasteiger partial charge on any atom is -0.494 e. The molecule has 1 N–H and O–H groups in total. The van der Waals surface area contributed by atoms with E-state index in [9.17, 15) is 19.1 Å². The number of rotatable bonds is 5. The molecule has 1 amide bonds. The van der Waals surface area contributed by atoms with Crippen molar-refractivity contribution >= 4 is 17.7 Å². The Morgan fingerprint density at radius 3 is 2.70 bits per heavy atom. The standard InChI is InChI=1S/C21H24FN3O5/c1-29-16-11-13(7-8-15(16)22)19-18(21(27)28)20(23-30-19)24-9-10-25(17(26)12-24)14-5-3-2-4-6-14/h7-8,11,14H,2-6,9-10,12H2,1H3,(H,27,28). The van der Waals surface area contributed by atoms with Crippen LogP contribution in [0.5, 0.6) is 5.75 Å². The highest BCUT2D eigenvalue weighted by Crippen LogP contribution is 2.35. The number of nitrogens with zero attached hydrogens (tertiary/aromatic N) is 3. The number of hydrogen-bond acceptors (Lipinski definition) is 6. The van der Waals surface area contributed by atoms with Crippen LogP contribution in [0.15, 0.2) is 22.7 Å². The number of methoxy groups -OCH3 is 1. The SMILES string of the molecule is COc1cc(-c2onc(N3CCN(C4CCCCC4)C(=O)C3)c2C(=O)O)ccc1F. The van der Waals surface area contributed by atoms with Crippen molar-refractivity contribution in [1.82, 2.24) is 10.1 Å². The Morgan fingerprint density at radius 1 is 1.27 bits per heavy atom. The van der Waals surface area contributed by atoms with Crippen LogP contribution in [-0.4, -0.2) is 59.8 Å². The van der Waals surface area contributed by atoms with Gasteiger partial charge in [-0.2, -0.15) is 0 Å². The van der Waals surface area contributed by atoms with E-state index in [1.165, 1.54) is 31.7 Å². The van der Waals surface area contributed by atoms with Crippen LogP contribution in [0.2, 0.25) is 0 Å².